The van der Waals surface area contributed by atoms with Crippen molar-refractivity contribution in [2.24, 2.45) is 5.10 Å². The number of hydrogen-bond donors (Lipinski definition) is 3. The number of hydrazone groups is 1. The number of aromatic hydroxyl groups is 2. The monoisotopic (exact) mass is 372 g/mol. The van der Waals surface area contributed by atoms with E-state index in [1.165, 1.54) is 30.3 Å². The van der Waals surface area contributed by atoms with Crippen LogP contribution in [0.2, 0.25) is 15.1 Å². The summed E-state index contributed by atoms with van der Waals surface area (Å²) in [5.74, 6) is -1.19. The second kappa shape index (κ2) is 7.08. The highest BCUT2D eigenvalue weighted by Gasteiger charge is 2.14. The van der Waals surface area contributed by atoms with Gasteiger partial charge in [0, 0.05) is 10.6 Å². The number of nitrogens with one attached hydrogen (secondary N) is 1. The van der Waals surface area contributed by atoms with Crippen LogP contribution in [-0.2, 0) is 0 Å². The molecule has 0 aromatic heterocycles. The number of halogens is 3. The first-order chi connectivity index (χ1) is 10.8. The fourth-order valence-corrected chi connectivity index (χ4v) is 2.46. The Hall–Kier alpha value is -1.95. The van der Waals surface area contributed by atoms with Gasteiger partial charge in [-0.2, -0.15) is 5.10 Å². The van der Waals surface area contributed by atoms with Crippen LogP contribution in [-0.4, -0.2) is 21.8 Å². The molecule has 0 atom stereocenters. The molecule has 0 saturated heterocycles. The van der Waals surface area contributed by atoms with E-state index in [2.05, 4.69) is 10.5 Å². The van der Waals surface area contributed by atoms with Crippen molar-refractivity contribution in [3.05, 3.63) is 56.5 Å². The summed E-state index contributed by atoms with van der Waals surface area (Å²) in [4.78, 5) is 12.0. The van der Waals surface area contributed by atoms with Crippen LogP contribution in [0, 0.1) is 0 Å². The van der Waals surface area contributed by atoms with E-state index in [-0.39, 0.29) is 38.4 Å². The fraction of sp³-hybridized carbons (Fsp3) is 0.0667. The lowest BCUT2D eigenvalue weighted by Crippen LogP contribution is -2.19. The minimum absolute atomic E-state index is 0.0256. The molecule has 0 spiro atoms. The highest BCUT2D eigenvalue weighted by Crippen LogP contribution is 2.31. The Labute approximate surface area is 147 Å². The van der Waals surface area contributed by atoms with E-state index >= 15 is 0 Å². The summed E-state index contributed by atoms with van der Waals surface area (Å²) in [6.45, 7) is 1.56. The Morgan fingerprint density at radius 2 is 1.70 bits per heavy atom. The minimum Gasteiger partial charge on any atom is -0.506 e. The summed E-state index contributed by atoms with van der Waals surface area (Å²) in [6, 6.07) is 7.22. The van der Waals surface area contributed by atoms with Gasteiger partial charge < -0.3 is 10.2 Å². The standard InChI is InChI=1S/C15H11Cl3N2O3/c1-7(10-5-8(16)6-12(18)14(10)22)19-20-15(23)9-3-2-4-11(17)13(9)21/h2-6,21-22H,1H3,(H,20,23)/b19-7+. The summed E-state index contributed by atoms with van der Waals surface area (Å²) < 4.78 is 0. The molecule has 0 unspecified atom stereocenters. The van der Waals surface area contributed by atoms with Crippen molar-refractivity contribution in [1.82, 2.24) is 5.43 Å². The van der Waals surface area contributed by atoms with Crippen LogP contribution in [0.3, 0.4) is 0 Å². The van der Waals surface area contributed by atoms with Crippen molar-refractivity contribution in [2.75, 3.05) is 0 Å². The van der Waals surface area contributed by atoms with Gasteiger partial charge >= 0.3 is 0 Å². The smallest absolute Gasteiger partial charge is 0.275 e. The molecule has 23 heavy (non-hydrogen) atoms. The zero-order chi connectivity index (χ0) is 17.1. The van der Waals surface area contributed by atoms with E-state index in [4.69, 9.17) is 34.8 Å². The Morgan fingerprint density at radius 3 is 2.39 bits per heavy atom. The Kier molecular flexibility index (Phi) is 5.36. The van der Waals surface area contributed by atoms with Crippen molar-refractivity contribution in [1.29, 1.82) is 0 Å². The maximum absolute atomic E-state index is 12.0. The number of para-hydroxylation sites is 1. The van der Waals surface area contributed by atoms with Gasteiger partial charge in [0.25, 0.3) is 5.91 Å². The summed E-state index contributed by atoms with van der Waals surface area (Å²) in [5.41, 5.74) is 2.79. The Bertz CT molecular complexity index is 807. The molecule has 5 nitrogen and oxygen atoms in total. The van der Waals surface area contributed by atoms with Gasteiger partial charge in [0.05, 0.1) is 21.3 Å². The molecule has 0 heterocycles. The first kappa shape index (κ1) is 17.4. The predicted molar refractivity (Wildman–Crippen MR) is 90.9 cm³/mol. The quantitative estimate of drug-likeness (QED) is 0.557. The zero-order valence-corrected chi connectivity index (χ0v) is 14.0. The summed E-state index contributed by atoms with van der Waals surface area (Å²) >= 11 is 17.5. The number of phenolic OH excluding ortho intramolecular Hbond substituents is 2. The van der Waals surface area contributed by atoms with E-state index in [1.54, 1.807) is 6.92 Å². The molecule has 2 aromatic carbocycles. The average Bonchev–Trinajstić information content (AvgIpc) is 2.50. The van der Waals surface area contributed by atoms with Gasteiger partial charge in [-0.1, -0.05) is 40.9 Å². The fourth-order valence-electron chi connectivity index (χ4n) is 1.80. The predicted octanol–water partition coefficient (Wildman–Crippen LogP) is 4.21. The number of phenols is 2. The maximum Gasteiger partial charge on any atom is 0.275 e. The second-order valence-electron chi connectivity index (χ2n) is 4.56. The molecule has 0 aliphatic heterocycles. The van der Waals surface area contributed by atoms with E-state index < -0.39 is 5.91 Å². The highest BCUT2D eigenvalue weighted by atomic mass is 35.5. The number of rotatable bonds is 3. The normalized spacial score (nSPS) is 11.4. The molecule has 8 heteroatoms. The highest BCUT2D eigenvalue weighted by molar-refractivity contribution is 6.36. The number of nitrogens with zero attached hydrogens (tertiary/aromatic N) is 1. The maximum atomic E-state index is 12.0. The molecule has 0 saturated carbocycles. The van der Waals surface area contributed by atoms with Crippen molar-refractivity contribution >= 4 is 46.4 Å². The molecular formula is C15H11Cl3N2O3. The molecule has 3 N–H and O–H groups in total. The van der Waals surface area contributed by atoms with E-state index in [1.807, 2.05) is 0 Å². The van der Waals surface area contributed by atoms with Crippen LogP contribution < -0.4 is 5.43 Å². The molecule has 2 aromatic rings. The number of amides is 1. The number of hydrogen-bond acceptors (Lipinski definition) is 4. The van der Waals surface area contributed by atoms with Crippen molar-refractivity contribution in [3.8, 4) is 11.5 Å². The molecule has 2 rings (SSSR count). The van der Waals surface area contributed by atoms with E-state index in [0.717, 1.165) is 0 Å². The Balaban J connectivity index is 2.26. The van der Waals surface area contributed by atoms with Gasteiger partial charge in [0.2, 0.25) is 0 Å². The van der Waals surface area contributed by atoms with Crippen LogP contribution in [0.15, 0.2) is 35.4 Å². The largest absolute Gasteiger partial charge is 0.506 e. The lowest BCUT2D eigenvalue weighted by molar-refractivity contribution is 0.0952. The molecule has 0 aliphatic carbocycles. The van der Waals surface area contributed by atoms with Crippen molar-refractivity contribution < 1.29 is 15.0 Å². The summed E-state index contributed by atoms with van der Waals surface area (Å²) in [7, 11) is 0. The molecule has 0 aliphatic rings. The number of carbonyl (C=O) groups is 1. The third kappa shape index (κ3) is 3.88. The first-order valence-electron chi connectivity index (χ1n) is 6.31. The third-order valence-corrected chi connectivity index (χ3v) is 3.79. The first-order valence-corrected chi connectivity index (χ1v) is 7.45. The number of benzene rings is 2. The second-order valence-corrected chi connectivity index (χ2v) is 5.81. The summed E-state index contributed by atoms with van der Waals surface area (Å²) in [5, 5.41) is 24.0. The Morgan fingerprint density at radius 1 is 1.04 bits per heavy atom. The molecule has 0 radical (unpaired) electrons. The van der Waals surface area contributed by atoms with E-state index in [9.17, 15) is 15.0 Å². The average molecular weight is 374 g/mol. The van der Waals surface area contributed by atoms with Crippen LogP contribution in [0.25, 0.3) is 0 Å². The molecular weight excluding hydrogens is 363 g/mol. The van der Waals surface area contributed by atoms with Gasteiger partial charge in [0.1, 0.15) is 11.5 Å². The van der Waals surface area contributed by atoms with Crippen LogP contribution in [0.1, 0.15) is 22.8 Å². The lowest BCUT2D eigenvalue weighted by atomic mass is 10.1. The van der Waals surface area contributed by atoms with Crippen molar-refractivity contribution in [3.63, 3.8) is 0 Å². The molecule has 0 fully saturated rings. The lowest BCUT2D eigenvalue weighted by Gasteiger charge is -2.08. The van der Waals surface area contributed by atoms with Crippen LogP contribution >= 0.6 is 34.8 Å². The SMILES string of the molecule is C/C(=N\NC(=O)c1cccc(Cl)c1O)c1cc(Cl)cc(Cl)c1O. The minimum atomic E-state index is -0.656. The van der Waals surface area contributed by atoms with Crippen LogP contribution in [0.4, 0.5) is 0 Å². The van der Waals surface area contributed by atoms with Gasteiger partial charge in [-0.3, -0.25) is 4.79 Å². The summed E-state index contributed by atoms with van der Waals surface area (Å²) in [6.07, 6.45) is 0. The topological polar surface area (TPSA) is 81.9 Å². The number of carbonyl (C=O) groups excluding carboxylic acids is 1. The third-order valence-electron chi connectivity index (χ3n) is 2.97. The molecule has 120 valence electrons. The van der Waals surface area contributed by atoms with Gasteiger partial charge in [-0.15, -0.1) is 0 Å². The zero-order valence-electron chi connectivity index (χ0n) is 11.8. The van der Waals surface area contributed by atoms with Gasteiger partial charge in [-0.05, 0) is 31.2 Å². The van der Waals surface area contributed by atoms with Crippen LogP contribution in [0.5, 0.6) is 11.5 Å². The molecule has 0 bridgehead atoms. The molecule has 1 amide bonds. The van der Waals surface area contributed by atoms with Gasteiger partial charge in [-0.25, -0.2) is 5.43 Å². The van der Waals surface area contributed by atoms with Gasteiger partial charge in [0.15, 0.2) is 0 Å². The van der Waals surface area contributed by atoms with Crippen molar-refractivity contribution in [2.45, 2.75) is 6.92 Å². The van der Waals surface area contributed by atoms with E-state index in [0.29, 0.717) is 5.02 Å².